The van der Waals surface area contributed by atoms with Gasteiger partial charge in [0.2, 0.25) is 0 Å². The van der Waals surface area contributed by atoms with Gasteiger partial charge in [0.15, 0.2) is 0 Å². The van der Waals surface area contributed by atoms with Gasteiger partial charge in [0, 0.05) is 18.1 Å². The Morgan fingerprint density at radius 1 is 1.43 bits per heavy atom. The second kappa shape index (κ2) is 4.97. The summed E-state index contributed by atoms with van der Waals surface area (Å²) in [5.74, 6) is 0.693. The maximum atomic E-state index is 5.92. The Kier molecular flexibility index (Phi) is 3.88. The normalized spacial score (nSPS) is 21.0. The topological polar surface area (TPSA) is 9.23 Å². The van der Waals surface area contributed by atoms with E-state index < -0.39 is 0 Å². The second-order valence-electron chi connectivity index (χ2n) is 3.49. The van der Waals surface area contributed by atoms with Crippen LogP contribution in [0, 0.1) is 5.92 Å². The molecule has 1 saturated heterocycles. The van der Waals surface area contributed by atoms with E-state index in [9.17, 15) is 0 Å². The van der Waals surface area contributed by atoms with E-state index in [-0.39, 0.29) is 0 Å². The Morgan fingerprint density at radius 3 is 2.71 bits per heavy atom. The molecule has 0 spiro atoms. The predicted octanol–water partition coefficient (Wildman–Crippen LogP) is 4.26. The van der Waals surface area contributed by atoms with Crippen molar-refractivity contribution in [3.05, 3.63) is 21.3 Å². The van der Waals surface area contributed by atoms with E-state index in [1.54, 1.807) is 11.3 Å². The summed E-state index contributed by atoms with van der Waals surface area (Å²) in [6.07, 6.45) is 2.29. The van der Waals surface area contributed by atoms with E-state index in [4.69, 9.17) is 16.3 Å². The number of rotatable bonds is 2. The average Bonchev–Trinajstić information content (AvgIpc) is 2.65. The molecule has 0 aromatic carbocycles. The quantitative estimate of drug-likeness (QED) is 0.741. The average molecular weight is 296 g/mol. The number of thiophene rings is 1. The van der Waals surface area contributed by atoms with Crippen LogP contribution in [-0.4, -0.2) is 13.2 Å². The molecule has 2 rings (SSSR count). The van der Waals surface area contributed by atoms with Crippen LogP contribution in [0.25, 0.3) is 0 Å². The SMILES string of the molecule is Clc1ccc(C(Br)C2CCOCC2)s1. The van der Waals surface area contributed by atoms with Gasteiger partial charge in [-0.3, -0.25) is 0 Å². The van der Waals surface area contributed by atoms with E-state index in [1.165, 1.54) is 4.88 Å². The van der Waals surface area contributed by atoms with Crippen LogP contribution in [-0.2, 0) is 4.74 Å². The van der Waals surface area contributed by atoms with Crippen molar-refractivity contribution in [3.8, 4) is 0 Å². The van der Waals surface area contributed by atoms with E-state index in [0.717, 1.165) is 30.4 Å². The van der Waals surface area contributed by atoms with Crippen LogP contribution in [0.4, 0.5) is 0 Å². The van der Waals surface area contributed by atoms with Crippen molar-refractivity contribution >= 4 is 38.9 Å². The molecule has 1 fully saturated rings. The minimum Gasteiger partial charge on any atom is -0.381 e. The Hall–Kier alpha value is 0.430. The van der Waals surface area contributed by atoms with E-state index >= 15 is 0 Å². The van der Waals surface area contributed by atoms with Gasteiger partial charge in [-0.25, -0.2) is 0 Å². The smallest absolute Gasteiger partial charge is 0.0931 e. The third-order valence-corrected chi connectivity index (χ3v) is 5.40. The molecule has 1 aliphatic heterocycles. The lowest BCUT2D eigenvalue weighted by Gasteiger charge is -2.25. The lowest BCUT2D eigenvalue weighted by Crippen LogP contribution is -2.18. The van der Waals surface area contributed by atoms with Crippen molar-refractivity contribution in [1.82, 2.24) is 0 Å². The molecule has 14 heavy (non-hydrogen) atoms. The molecule has 0 N–H and O–H groups in total. The Labute approximate surface area is 102 Å². The zero-order chi connectivity index (χ0) is 9.97. The highest BCUT2D eigenvalue weighted by atomic mass is 79.9. The Morgan fingerprint density at radius 2 is 2.14 bits per heavy atom. The summed E-state index contributed by atoms with van der Waals surface area (Å²) in [7, 11) is 0. The van der Waals surface area contributed by atoms with Crippen LogP contribution in [0.3, 0.4) is 0 Å². The molecule has 1 unspecified atom stereocenters. The summed E-state index contributed by atoms with van der Waals surface area (Å²) in [6, 6.07) is 4.08. The van der Waals surface area contributed by atoms with Gasteiger partial charge >= 0.3 is 0 Å². The van der Waals surface area contributed by atoms with Crippen molar-refractivity contribution in [2.75, 3.05) is 13.2 Å². The predicted molar refractivity (Wildman–Crippen MR) is 64.5 cm³/mol. The fourth-order valence-corrected chi connectivity index (χ4v) is 3.81. The third-order valence-electron chi connectivity index (χ3n) is 2.55. The van der Waals surface area contributed by atoms with Crippen LogP contribution >= 0.6 is 38.9 Å². The molecular formula is C10H12BrClOS. The van der Waals surface area contributed by atoms with Gasteiger partial charge < -0.3 is 4.74 Å². The van der Waals surface area contributed by atoms with Gasteiger partial charge in [0.25, 0.3) is 0 Å². The molecule has 1 atom stereocenters. The van der Waals surface area contributed by atoms with Gasteiger partial charge in [0.05, 0.1) is 9.16 Å². The molecule has 4 heteroatoms. The second-order valence-corrected chi connectivity index (χ2v) is 6.23. The third kappa shape index (κ3) is 2.51. The van der Waals surface area contributed by atoms with Gasteiger partial charge in [-0.1, -0.05) is 27.5 Å². The molecule has 0 radical (unpaired) electrons. The summed E-state index contributed by atoms with van der Waals surface area (Å²) < 4.78 is 6.22. The maximum absolute atomic E-state index is 5.92. The van der Waals surface area contributed by atoms with Crippen LogP contribution in [0.15, 0.2) is 12.1 Å². The Bertz CT molecular complexity index is 296. The van der Waals surface area contributed by atoms with Gasteiger partial charge in [0.1, 0.15) is 0 Å². The number of alkyl halides is 1. The van der Waals surface area contributed by atoms with E-state index in [2.05, 4.69) is 22.0 Å². The number of hydrogen-bond acceptors (Lipinski definition) is 2. The molecule has 1 aliphatic rings. The molecule has 0 bridgehead atoms. The summed E-state index contributed by atoms with van der Waals surface area (Å²) in [6.45, 7) is 1.79. The van der Waals surface area contributed by atoms with E-state index in [1.807, 2.05) is 6.07 Å². The summed E-state index contributed by atoms with van der Waals surface area (Å²) in [5.41, 5.74) is 0. The number of halogens is 2. The highest BCUT2D eigenvalue weighted by molar-refractivity contribution is 9.09. The van der Waals surface area contributed by atoms with Gasteiger partial charge in [-0.05, 0) is 30.9 Å². The van der Waals surface area contributed by atoms with Crippen molar-refractivity contribution < 1.29 is 4.74 Å². The monoisotopic (exact) mass is 294 g/mol. The molecular weight excluding hydrogens is 284 g/mol. The first-order chi connectivity index (χ1) is 6.77. The first kappa shape index (κ1) is 10.9. The van der Waals surface area contributed by atoms with Gasteiger partial charge in [-0.15, -0.1) is 11.3 Å². The molecule has 1 aromatic rings. The maximum Gasteiger partial charge on any atom is 0.0931 e. The molecule has 0 aliphatic carbocycles. The number of ether oxygens (including phenoxy) is 1. The lowest BCUT2D eigenvalue weighted by atomic mass is 9.96. The molecule has 1 aromatic heterocycles. The fourth-order valence-electron chi connectivity index (χ4n) is 1.72. The summed E-state index contributed by atoms with van der Waals surface area (Å²) >= 11 is 11.3. The van der Waals surface area contributed by atoms with Crippen molar-refractivity contribution in [3.63, 3.8) is 0 Å². The molecule has 78 valence electrons. The summed E-state index contributed by atoms with van der Waals surface area (Å²) in [4.78, 5) is 1.78. The van der Waals surface area contributed by atoms with Crippen LogP contribution < -0.4 is 0 Å². The zero-order valence-electron chi connectivity index (χ0n) is 7.71. The van der Waals surface area contributed by atoms with Crippen molar-refractivity contribution in [2.24, 2.45) is 5.92 Å². The van der Waals surface area contributed by atoms with Gasteiger partial charge in [-0.2, -0.15) is 0 Å². The first-order valence-electron chi connectivity index (χ1n) is 4.74. The standard InChI is InChI=1S/C10H12BrClOS/c11-10(7-3-5-13-6-4-7)8-1-2-9(12)14-8/h1-2,7,10H,3-6H2. The minimum atomic E-state index is 0.448. The first-order valence-corrected chi connectivity index (χ1v) is 6.85. The zero-order valence-corrected chi connectivity index (χ0v) is 10.9. The highest BCUT2D eigenvalue weighted by Crippen LogP contribution is 2.40. The highest BCUT2D eigenvalue weighted by Gasteiger charge is 2.24. The van der Waals surface area contributed by atoms with Crippen molar-refractivity contribution in [2.45, 2.75) is 17.7 Å². The Balaban J connectivity index is 2.03. The van der Waals surface area contributed by atoms with Crippen molar-refractivity contribution in [1.29, 1.82) is 0 Å². The van der Waals surface area contributed by atoms with Crippen LogP contribution in [0.2, 0.25) is 4.34 Å². The molecule has 0 amide bonds. The van der Waals surface area contributed by atoms with Crippen LogP contribution in [0.1, 0.15) is 22.5 Å². The molecule has 0 saturated carbocycles. The lowest BCUT2D eigenvalue weighted by molar-refractivity contribution is 0.0664. The summed E-state index contributed by atoms with van der Waals surface area (Å²) in [5, 5.41) is 0. The fraction of sp³-hybridized carbons (Fsp3) is 0.600. The molecule has 1 nitrogen and oxygen atoms in total. The van der Waals surface area contributed by atoms with E-state index in [0.29, 0.717) is 10.7 Å². The molecule has 2 heterocycles. The number of hydrogen-bond donors (Lipinski definition) is 0. The van der Waals surface area contributed by atoms with Crippen LogP contribution in [0.5, 0.6) is 0 Å². The minimum absolute atomic E-state index is 0.448. The largest absolute Gasteiger partial charge is 0.381 e.